The molecule has 0 spiro atoms. The van der Waals surface area contributed by atoms with Crippen LogP contribution in [0, 0.1) is 11.3 Å². The highest BCUT2D eigenvalue weighted by Crippen LogP contribution is 2.20. The Kier molecular flexibility index (Phi) is 8.35. The number of benzene rings is 1. The number of nitrogens with one attached hydrogen (secondary N) is 3. The Hall–Kier alpha value is -4.28. The quantitative estimate of drug-likeness (QED) is 0.278. The summed E-state index contributed by atoms with van der Waals surface area (Å²) in [5.41, 5.74) is 2.93. The van der Waals surface area contributed by atoms with E-state index in [-0.39, 0.29) is 11.1 Å². The van der Waals surface area contributed by atoms with Gasteiger partial charge in [0, 0.05) is 37.9 Å². The van der Waals surface area contributed by atoms with Gasteiger partial charge in [-0.15, -0.1) is 0 Å². The van der Waals surface area contributed by atoms with Gasteiger partial charge in [0.15, 0.2) is 0 Å². The summed E-state index contributed by atoms with van der Waals surface area (Å²) in [6.07, 6.45) is 5.60. The minimum Gasteiger partial charge on any atom is -0.480 e. The van der Waals surface area contributed by atoms with E-state index in [9.17, 15) is 23.1 Å². The Labute approximate surface area is 219 Å². The van der Waals surface area contributed by atoms with Gasteiger partial charge in [-0.25, -0.2) is 13.4 Å². The minimum atomic E-state index is -4.07. The summed E-state index contributed by atoms with van der Waals surface area (Å²) in [6.45, 7) is 0.925. The average Bonchev–Trinajstić information content (AvgIpc) is 3.38. The van der Waals surface area contributed by atoms with Crippen LogP contribution in [0.4, 0.5) is 5.82 Å². The maximum absolute atomic E-state index is 12.6. The molecule has 1 amide bonds. The van der Waals surface area contributed by atoms with Crippen molar-refractivity contribution >= 4 is 27.7 Å². The molecule has 3 heterocycles. The molecule has 0 aliphatic carbocycles. The van der Waals surface area contributed by atoms with Gasteiger partial charge in [-0.2, -0.15) is 15.1 Å². The standard InChI is InChI=1S/C25H27N7O5S/c26-12-17-3-1-4-18(11-17)16-38(36,37)31-22(25(34)35)14-28-24(33)20-13-29-32(15-20)10-8-21-7-6-19-5-2-9-27-23(19)30-21/h1,3-4,6-7,11,13,15,22,31H,2,5,8-10,14,16H2,(H,27,30)(H,28,33)(H,34,35). The Bertz CT molecular complexity index is 1480. The van der Waals surface area contributed by atoms with Crippen LogP contribution in [0.1, 0.15) is 39.2 Å². The Morgan fingerprint density at radius 3 is 2.89 bits per heavy atom. The molecule has 38 heavy (non-hydrogen) atoms. The number of nitriles is 1. The molecule has 0 saturated carbocycles. The lowest BCUT2D eigenvalue weighted by molar-refractivity contribution is -0.138. The molecule has 4 N–H and O–H groups in total. The summed E-state index contributed by atoms with van der Waals surface area (Å²) >= 11 is 0. The number of fused-ring (bicyclic) bond motifs is 1. The van der Waals surface area contributed by atoms with E-state index < -0.39 is 40.2 Å². The fraction of sp³-hybridized carbons (Fsp3) is 0.320. The summed E-state index contributed by atoms with van der Waals surface area (Å²) in [7, 11) is -4.07. The number of sulfonamides is 1. The van der Waals surface area contributed by atoms with Crippen molar-refractivity contribution < 1.29 is 23.1 Å². The van der Waals surface area contributed by atoms with Gasteiger partial charge in [-0.1, -0.05) is 18.2 Å². The lowest BCUT2D eigenvalue weighted by Crippen LogP contribution is -2.48. The van der Waals surface area contributed by atoms with Gasteiger partial charge in [0.2, 0.25) is 10.0 Å². The zero-order valence-corrected chi connectivity index (χ0v) is 21.2. The number of carbonyl (C=O) groups is 2. The van der Waals surface area contributed by atoms with E-state index in [1.807, 2.05) is 12.1 Å². The molecule has 1 atom stereocenters. The molecule has 0 saturated heterocycles. The molecule has 0 bridgehead atoms. The van der Waals surface area contributed by atoms with Crippen LogP contribution in [0.3, 0.4) is 0 Å². The summed E-state index contributed by atoms with van der Waals surface area (Å²) < 4.78 is 28.7. The molecule has 0 radical (unpaired) electrons. The topological polar surface area (TPSA) is 179 Å². The second-order valence-electron chi connectivity index (χ2n) is 8.87. The van der Waals surface area contributed by atoms with E-state index in [4.69, 9.17) is 5.26 Å². The molecule has 1 unspecified atom stereocenters. The van der Waals surface area contributed by atoms with Crippen molar-refractivity contribution in [2.24, 2.45) is 0 Å². The highest BCUT2D eigenvalue weighted by Gasteiger charge is 2.25. The highest BCUT2D eigenvalue weighted by molar-refractivity contribution is 7.88. The third kappa shape index (κ3) is 7.15. The molecular weight excluding hydrogens is 510 g/mol. The number of rotatable bonds is 11. The number of aromatic nitrogens is 3. The van der Waals surface area contributed by atoms with E-state index in [2.05, 4.69) is 31.5 Å². The predicted octanol–water partition coefficient (Wildman–Crippen LogP) is 1.05. The van der Waals surface area contributed by atoms with Crippen LogP contribution in [-0.2, 0) is 40.0 Å². The number of carboxylic acid groups (broad SMARTS) is 1. The summed E-state index contributed by atoms with van der Waals surface area (Å²) in [5, 5.41) is 28.4. The normalized spacial score (nSPS) is 13.6. The summed E-state index contributed by atoms with van der Waals surface area (Å²) in [5.74, 6) is -1.63. The molecule has 3 aromatic rings. The third-order valence-electron chi connectivity index (χ3n) is 5.94. The van der Waals surface area contributed by atoms with Gasteiger partial charge in [0.1, 0.15) is 11.9 Å². The third-order valence-corrected chi connectivity index (χ3v) is 7.30. The first kappa shape index (κ1) is 26.8. The maximum atomic E-state index is 12.6. The lowest BCUT2D eigenvalue weighted by atomic mass is 10.1. The fourth-order valence-electron chi connectivity index (χ4n) is 4.02. The first-order chi connectivity index (χ1) is 18.2. The SMILES string of the molecule is N#Cc1cccc(CS(=O)(=O)NC(CNC(=O)c2cnn(CCc3ccc4c(n3)NCCC4)c2)C(=O)O)c1. The zero-order chi connectivity index (χ0) is 27.1. The number of amides is 1. The van der Waals surface area contributed by atoms with Crippen molar-refractivity contribution in [3.63, 3.8) is 0 Å². The molecule has 4 rings (SSSR count). The Balaban J connectivity index is 1.30. The summed E-state index contributed by atoms with van der Waals surface area (Å²) in [6, 6.07) is 10.4. The monoisotopic (exact) mass is 537 g/mol. The molecule has 1 aliphatic rings. The fourth-order valence-corrected chi connectivity index (χ4v) is 5.34. The predicted molar refractivity (Wildman–Crippen MR) is 138 cm³/mol. The number of carbonyl (C=O) groups excluding carboxylic acids is 1. The van der Waals surface area contributed by atoms with Gasteiger partial charge < -0.3 is 15.7 Å². The number of pyridine rings is 1. The summed E-state index contributed by atoms with van der Waals surface area (Å²) in [4.78, 5) is 28.8. The van der Waals surface area contributed by atoms with Gasteiger partial charge in [-0.05, 0) is 42.2 Å². The number of aliphatic carboxylic acids is 1. The van der Waals surface area contributed by atoms with Gasteiger partial charge >= 0.3 is 5.97 Å². The number of nitrogens with zero attached hydrogens (tertiary/aromatic N) is 4. The number of anilines is 1. The Morgan fingerprint density at radius 1 is 1.26 bits per heavy atom. The van der Waals surface area contributed by atoms with Crippen LogP contribution >= 0.6 is 0 Å². The first-order valence-electron chi connectivity index (χ1n) is 12.0. The number of hydrogen-bond acceptors (Lipinski definition) is 8. The van der Waals surface area contributed by atoms with Crippen molar-refractivity contribution in [3.05, 3.63) is 76.7 Å². The van der Waals surface area contributed by atoms with Crippen LogP contribution in [-0.4, -0.2) is 59.3 Å². The van der Waals surface area contributed by atoms with E-state index in [1.165, 1.54) is 36.2 Å². The van der Waals surface area contributed by atoms with Crippen LogP contribution in [0.15, 0.2) is 48.8 Å². The number of carboxylic acids is 1. The molecule has 0 fully saturated rings. The second kappa shape index (κ2) is 11.8. The molecule has 1 aliphatic heterocycles. The van der Waals surface area contributed by atoms with E-state index >= 15 is 0 Å². The first-order valence-corrected chi connectivity index (χ1v) is 13.6. The number of hydrogen-bond donors (Lipinski definition) is 4. The molecular formula is C25H27N7O5S. The maximum Gasteiger partial charge on any atom is 0.323 e. The second-order valence-corrected chi connectivity index (χ2v) is 10.6. The van der Waals surface area contributed by atoms with Crippen LogP contribution in [0.5, 0.6) is 0 Å². The highest BCUT2D eigenvalue weighted by atomic mass is 32.2. The number of aryl methyl sites for hydroxylation is 3. The van der Waals surface area contributed by atoms with Gasteiger partial charge in [0.25, 0.3) is 5.91 Å². The molecule has 198 valence electrons. The van der Waals surface area contributed by atoms with Crippen LogP contribution in [0.2, 0.25) is 0 Å². The van der Waals surface area contributed by atoms with Gasteiger partial charge in [-0.3, -0.25) is 14.3 Å². The van der Waals surface area contributed by atoms with Crippen molar-refractivity contribution in [1.82, 2.24) is 24.8 Å². The average molecular weight is 538 g/mol. The van der Waals surface area contributed by atoms with Crippen molar-refractivity contribution in [2.45, 2.75) is 37.6 Å². The molecule has 2 aromatic heterocycles. The van der Waals surface area contributed by atoms with E-state index in [0.29, 0.717) is 18.5 Å². The molecule has 13 heteroatoms. The van der Waals surface area contributed by atoms with Crippen molar-refractivity contribution in [3.8, 4) is 6.07 Å². The van der Waals surface area contributed by atoms with Crippen molar-refractivity contribution in [1.29, 1.82) is 5.26 Å². The minimum absolute atomic E-state index is 0.213. The van der Waals surface area contributed by atoms with Gasteiger partial charge in [0.05, 0.1) is 29.1 Å². The molecule has 1 aromatic carbocycles. The molecule has 12 nitrogen and oxygen atoms in total. The Morgan fingerprint density at radius 2 is 2.11 bits per heavy atom. The largest absolute Gasteiger partial charge is 0.480 e. The van der Waals surface area contributed by atoms with E-state index in [1.54, 1.807) is 10.7 Å². The van der Waals surface area contributed by atoms with E-state index in [0.717, 1.165) is 30.9 Å². The lowest BCUT2D eigenvalue weighted by Gasteiger charge is -2.17. The smallest absolute Gasteiger partial charge is 0.323 e. The zero-order valence-electron chi connectivity index (χ0n) is 20.4. The van der Waals surface area contributed by atoms with Crippen LogP contribution < -0.4 is 15.4 Å². The van der Waals surface area contributed by atoms with Crippen molar-refractivity contribution in [2.75, 3.05) is 18.4 Å². The van der Waals surface area contributed by atoms with Crippen LogP contribution in [0.25, 0.3) is 0 Å².